The van der Waals surface area contributed by atoms with Crippen LogP contribution in [0.5, 0.6) is 5.75 Å². The summed E-state index contributed by atoms with van der Waals surface area (Å²) in [5, 5.41) is 11.5. The average Bonchev–Trinajstić information content (AvgIpc) is 2.80. The minimum atomic E-state index is -1.03. The van der Waals surface area contributed by atoms with E-state index < -0.39 is 5.60 Å². The van der Waals surface area contributed by atoms with Crippen molar-refractivity contribution >= 4 is 11.6 Å². The molecule has 1 unspecified atom stereocenters. The van der Waals surface area contributed by atoms with E-state index in [1.807, 2.05) is 18.2 Å². The number of aryl methyl sites for hydroxylation is 1. The van der Waals surface area contributed by atoms with E-state index in [9.17, 15) is 9.50 Å². The van der Waals surface area contributed by atoms with E-state index in [2.05, 4.69) is 0 Å². The molecule has 3 rings (SSSR count). The fourth-order valence-corrected chi connectivity index (χ4v) is 3.17. The Hall–Kier alpha value is -1.58. The molecule has 0 saturated heterocycles. The minimum absolute atomic E-state index is 0.295. The van der Waals surface area contributed by atoms with E-state index in [1.165, 1.54) is 18.2 Å². The van der Waals surface area contributed by atoms with Crippen LogP contribution >= 0.6 is 11.6 Å². The fourth-order valence-electron chi connectivity index (χ4n) is 2.99. The van der Waals surface area contributed by atoms with Gasteiger partial charge in [0.15, 0.2) is 0 Å². The van der Waals surface area contributed by atoms with Crippen LogP contribution in [-0.2, 0) is 18.4 Å². The third kappa shape index (κ3) is 2.63. The smallest absolute Gasteiger partial charge is 0.123 e. The van der Waals surface area contributed by atoms with Crippen LogP contribution in [0, 0.1) is 5.82 Å². The molecule has 0 heterocycles. The summed E-state index contributed by atoms with van der Waals surface area (Å²) in [6.45, 7) is 0. The molecule has 0 saturated carbocycles. The zero-order valence-corrected chi connectivity index (χ0v) is 12.5. The van der Waals surface area contributed by atoms with Gasteiger partial charge < -0.3 is 9.84 Å². The average molecular weight is 307 g/mol. The highest BCUT2D eigenvalue weighted by atomic mass is 35.5. The van der Waals surface area contributed by atoms with Gasteiger partial charge in [0.1, 0.15) is 11.6 Å². The zero-order valence-electron chi connectivity index (χ0n) is 11.7. The molecule has 0 fully saturated rings. The fraction of sp³-hybridized carbons (Fsp3) is 0.294. The molecule has 0 radical (unpaired) electrons. The van der Waals surface area contributed by atoms with E-state index in [4.69, 9.17) is 16.3 Å². The van der Waals surface area contributed by atoms with Gasteiger partial charge >= 0.3 is 0 Å². The van der Waals surface area contributed by atoms with Gasteiger partial charge in [-0.25, -0.2) is 4.39 Å². The van der Waals surface area contributed by atoms with E-state index in [0.29, 0.717) is 29.2 Å². The van der Waals surface area contributed by atoms with Gasteiger partial charge in [-0.1, -0.05) is 17.7 Å². The van der Waals surface area contributed by atoms with Crippen LogP contribution in [0.1, 0.15) is 23.1 Å². The highest BCUT2D eigenvalue weighted by molar-refractivity contribution is 6.31. The number of hydrogen-bond acceptors (Lipinski definition) is 2. The Labute approximate surface area is 128 Å². The second kappa shape index (κ2) is 5.32. The molecule has 1 aliphatic carbocycles. The predicted octanol–water partition coefficient (Wildman–Crippen LogP) is 3.86. The van der Waals surface area contributed by atoms with Crippen LogP contribution in [0.15, 0.2) is 36.4 Å². The first-order chi connectivity index (χ1) is 10.0. The lowest BCUT2D eigenvalue weighted by molar-refractivity contribution is 0.0387. The maximum Gasteiger partial charge on any atom is 0.123 e. The summed E-state index contributed by atoms with van der Waals surface area (Å²) in [5.41, 5.74) is 1.55. The lowest BCUT2D eigenvalue weighted by Gasteiger charge is -2.25. The highest BCUT2D eigenvalue weighted by Crippen LogP contribution is 2.41. The molecule has 0 spiro atoms. The number of fused-ring (bicyclic) bond motifs is 1. The standard InChI is InChI=1S/C17H16ClFO2/c1-21-14-4-2-11-6-7-17(20,15(11)9-14)10-12-8-13(19)3-5-16(12)18/h2-5,8-9,20H,6-7,10H2,1H3. The van der Waals surface area contributed by atoms with Crippen molar-refractivity contribution in [2.24, 2.45) is 0 Å². The normalized spacial score (nSPS) is 20.4. The van der Waals surface area contributed by atoms with Crippen molar-refractivity contribution in [2.45, 2.75) is 24.9 Å². The van der Waals surface area contributed by atoms with Crippen molar-refractivity contribution in [1.29, 1.82) is 0 Å². The Balaban J connectivity index is 1.98. The summed E-state index contributed by atoms with van der Waals surface area (Å²) in [6.07, 6.45) is 1.69. The highest BCUT2D eigenvalue weighted by Gasteiger charge is 2.37. The molecule has 110 valence electrons. The second-order valence-electron chi connectivity index (χ2n) is 5.47. The van der Waals surface area contributed by atoms with Crippen LogP contribution in [0.2, 0.25) is 5.02 Å². The monoisotopic (exact) mass is 306 g/mol. The molecule has 0 bridgehead atoms. The third-order valence-electron chi connectivity index (χ3n) is 4.12. The minimum Gasteiger partial charge on any atom is -0.497 e. The maximum absolute atomic E-state index is 13.4. The molecule has 0 aromatic heterocycles. The van der Waals surface area contributed by atoms with Crippen LogP contribution in [-0.4, -0.2) is 12.2 Å². The number of ether oxygens (including phenoxy) is 1. The zero-order chi connectivity index (χ0) is 15.0. The Morgan fingerprint density at radius 1 is 1.29 bits per heavy atom. The Morgan fingerprint density at radius 2 is 2.10 bits per heavy atom. The lowest BCUT2D eigenvalue weighted by atomic mass is 9.88. The van der Waals surface area contributed by atoms with Gasteiger partial charge in [-0.2, -0.15) is 0 Å². The first kappa shape index (κ1) is 14.4. The van der Waals surface area contributed by atoms with Gasteiger partial charge in [0.25, 0.3) is 0 Å². The van der Waals surface area contributed by atoms with E-state index >= 15 is 0 Å². The van der Waals surface area contributed by atoms with E-state index in [-0.39, 0.29) is 5.82 Å². The number of aliphatic hydroxyl groups is 1. The summed E-state index contributed by atoms with van der Waals surface area (Å²) in [4.78, 5) is 0. The molecule has 1 aliphatic rings. The number of hydrogen-bond donors (Lipinski definition) is 1. The van der Waals surface area contributed by atoms with Crippen LogP contribution in [0.25, 0.3) is 0 Å². The van der Waals surface area contributed by atoms with Crippen molar-refractivity contribution in [2.75, 3.05) is 7.11 Å². The van der Waals surface area contributed by atoms with Gasteiger partial charge in [-0.05, 0) is 59.9 Å². The maximum atomic E-state index is 13.4. The number of halogens is 2. The number of methoxy groups -OCH3 is 1. The van der Waals surface area contributed by atoms with E-state index in [0.717, 1.165) is 17.5 Å². The van der Waals surface area contributed by atoms with E-state index in [1.54, 1.807) is 7.11 Å². The first-order valence-electron chi connectivity index (χ1n) is 6.85. The molecule has 2 nitrogen and oxygen atoms in total. The Morgan fingerprint density at radius 3 is 2.86 bits per heavy atom. The number of rotatable bonds is 3. The predicted molar refractivity (Wildman–Crippen MR) is 80.3 cm³/mol. The van der Waals surface area contributed by atoms with Crippen LogP contribution in [0.3, 0.4) is 0 Å². The second-order valence-corrected chi connectivity index (χ2v) is 5.87. The summed E-state index contributed by atoms with van der Waals surface area (Å²) < 4.78 is 18.6. The molecule has 1 N–H and O–H groups in total. The largest absolute Gasteiger partial charge is 0.497 e. The quantitative estimate of drug-likeness (QED) is 0.933. The Kier molecular flexibility index (Phi) is 3.64. The van der Waals surface area contributed by atoms with Gasteiger partial charge in [0.05, 0.1) is 12.7 Å². The van der Waals surface area contributed by atoms with Crippen molar-refractivity contribution < 1.29 is 14.2 Å². The number of benzene rings is 2. The lowest BCUT2D eigenvalue weighted by Crippen LogP contribution is -2.25. The molecular formula is C17H16ClFO2. The molecule has 0 aliphatic heterocycles. The van der Waals surface area contributed by atoms with Crippen molar-refractivity contribution in [3.8, 4) is 5.75 Å². The summed E-state index contributed by atoms with van der Waals surface area (Å²) >= 11 is 6.12. The molecule has 0 amide bonds. The molecule has 2 aromatic rings. The Bertz CT molecular complexity index is 686. The van der Waals surface area contributed by atoms with Gasteiger partial charge in [0.2, 0.25) is 0 Å². The third-order valence-corrected chi connectivity index (χ3v) is 4.49. The summed E-state index contributed by atoms with van der Waals surface area (Å²) in [6, 6.07) is 9.95. The summed E-state index contributed by atoms with van der Waals surface area (Å²) in [7, 11) is 1.60. The molecular weight excluding hydrogens is 291 g/mol. The van der Waals surface area contributed by atoms with Gasteiger partial charge in [0, 0.05) is 11.4 Å². The summed E-state index contributed by atoms with van der Waals surface area (Å²) in [5.74, 6) is 0.362. The first-order valence-corrected chi connectivity index (χ1v) is 7.23. The van der Waals surface area contributed by atoms with Crippen molar-refractivity contribution in [3.63, 3.8) is 0 Å². The topological polar surface area (TPSA) is 29.5 Å². The van der Waals surface area contributed by atoms with Crippen LogP contribution in [0.4, 0.5) is 4.39 Å². The molecule has 1 atom stereocenters. The van der Waals surface area contributed by atoms with Gasteiger partial charge in [-0.3, -0.25) is 0 Å². The van der Waals surface area contributed by atoms with Crippen molar-refractivity contribution in [1.82, 2.24) is 0 Å². The SMILES string of the molecule is COc1ccc2c(c1)C(O)(Cc1cc(F)ccc1Cl)CC2. The molecule has 2 aromatic carbocycles. The van der Waals surface area contributed by atoms with Gasteiger partial charge in [-0.15, -0.1) is 0 Å². The molecule has 21 heavy (non-hydrogen) atoms. The molecule has 4 heteroatoms. The van der Waals surface area contributed by atoms with Crippen molar-refractivity contribution in [3.05, 3.63) is 63.9 Å². The van der Waals surface area contributed by atoms with Crippen LogP contribution < -0.4 is 4.74 Å².